The van der Waals surface area contributed by atoms with Crippen molar-refractivity contribution in [2.24, 2.45) is 0 Å². The van der Waals surface area contributed by atoms with Gasteiger partial charge >= 0.3 is 5.97 Å². The number of thiophene rings is 1. The Kier molecular flexibility index (Phi) is 3.64. The molecule has 0 unspecified atom stereocenters. The first kappa shape index (κ1) is 11.9. The van der Waals surface area contributed by atoms with Crippen molar-refractivity contribution >= 4 is 22.9 Å². The minimum atomic E-state index is -0.317. The highest BCUT2D eigenvalue weighted by molar-refractivity contribution is 7.08. The Balaban J connectivity index is 2.37. The lowest BCUT2D eigenvalue weighted by Gasteiger charge is -2.18. The monoisotopic (exact) mass is 250 g/mol. The average molecular weight is 250 g/mol. The number of hydrogen-bond donors (Lipinski definition) is 0. The van der Waals surface area contributed by atoms with Gasteiger partial charge in [-0.1, -0.05) is 0 Å². The number of ether oxygens (including phenoxy) is 2. The second kappa shape index (κ2) is 5.19. The van der Waals surface area contributed by atoms with Gasteiger partial charge in [0.2, 0.25) is 0 Å². The van der Waals surface area contributed by atoms with Gasteiger partial charge in [0.05, 0.1) is 6.61 Å². The van der Waals surface area contributed by atoms with Gasteiger partial charge in [0.1, 0.15) is 17.9 Å². The molecule has 0 aromatic carbocycles. The fraction of sp³-hybridized carbons (Fsp3) is 0.308. The zero-order valence-corrected chi connectivity index (χ0v) is 10.7. The Hall–Kier alpha value is -1.55. The second-order valence-electron chi connectivity index (χ2n) is 3.59. The summed E-state index contributed by atoms with van der Waals surface area (Å²) in [5, 5.41) is 4.01. The first-order valence-corrected chi connectivity index (χ1v) is 6.42. The van der Waals surface area contributed by atoms with Crippen LogP contribution in [-0.2, 0) is 14.3 Å². The molecule has 0 saturated heterocycles. The Labute approximate surface area is 104 Å². The van der Waals surface area contributed by atoms with Crippen molar-refractivity contribution in [1.29, 1.82) is 0 Å². The zero-order valence-electron chi connectivity index (χ0n) is 9.86. The quantitative estimate of drug-likeness (QED) is 0.774. The summed E-state index contributed by atoms with van der Waals surface area (Å²) in [7, 11) is 0. The van der Waals surface area contributed by atoms with Crippen molar-refractivity contribution in [1.82, 2.24) is 0 Å². The molecule has 0 N–H and O–H groups in total. The van der Waals surface area contributed by atoms with Gasteiger partial charge in [0.15, 0.2) is 0 Å². The molecule has 0 aliphatic carbocycles. The standard InChI is InChI=1S/C13H14O3S/c1-3-15-13(14)12-9(2)16-6-4-11(12)10-5-7-17-8-10/h4-5,7-8H,3,6H2,1-2H3. The van der Waals surface area contributed by atoms with Crippen LogP contribution in [0.15, 0.2) is 34.2 Å². The van der Waals surface area contributed by atoms with E-state index in [1.807, 2.05) is 22.9 Å². The van der Waals surface area contributed by atoms with Crippen LogP contribution in [0.2, 0.25) is 0 Å². The third kappa shape index (κ3) is 2.42. The van der Waals surface area contributed by atoms with E-state index in [1.54, 1.807) is 25.2 Å². The predicted octanol–water partition coefficient (Wildman–Crippen LogP) is 3.00. The van der Waals surface area contributed by atoms with Crippen LogP contribution in [0.1, 0.15) is 19.4 Å². The molecule has 0 amide bonds. The molecular formula is C13H14O3S. The first-order chi connectivity index (χ1) is 8.24. The second-order valence-corrected chi connectivity index (χ2v) is 4.37. The summed E-state index contributed by atoms with van der Waals surface area (Å²) in [5.41, 5.74) is 2.49. The molecule has 1 aromatic rings. The van der Waals surface area contributed by atoms with Crippen LogP contribution in [-0.4, -0.2) is 19.2 Å². The number of carbonyl (C=O) groups excluding carboxylic acids is 1. The molecule has 3 nitrogen and oxygen atoms in total. The molecule has 2 rings (SSSR count). The van der Waals surface area contributed by atoms with Crippen LogP contribution in [0.4, 0.5) is 0 Å². The average Bonchev–Trinajstić information content (AvgIpc) is 2.82. The molecular weight excluding hydrogens is 236 g/mol. The normalized spacial score (nSPS) is 15.3. The molecule has 0 radical (unpaired) electrons. The minimum absolute atomic E-state index is 0.317. The van der Waals surface area contributed by atoms with Crippen LogP contribution < -0.4 is 0 Å². The van der Waals surface area contributed by atoms with Crippen molar-refractivity contribution in [2.75, 3.05) is 13.2 Å². The van der Waals surface area contributed by atoms with Gasteiger partial charge in [0, 0.05) is 0 Å². The maximum absolute atomic E-state index is 11.9. The van der Waals surface area contributed by atoms with E-state index in [4.69, 9.17) is 9.47 Å². The Morgan fingerprint density at radius 3 is 3.06 bits per heavy atom. The van der Waals surface area contributed by atoms with E-state index in [-0.39, 0.29) is 5.97 Å². The topological polar surface area (TPSA) is 35.5 Å². The highest BCUT2D eigenvalue weighted by Gasteiger charge is 2.24. The molecule has 1 aliphatic rings. The van der Waals surface area contributed by atoms with E-state index in [1.165, 1.54) is 0 Å². The summed E-state index contributed by atoms with van der Waals surface area (Å²) in [4.78, 5) is 11.9. The summed E-state index contributed by atoms with van der Waals surface area (Å²) in [6.45, 7) is 4.46. The fourth-order valence-electron chi connectivity index (χ4n) is 1.75. The predicted molar refractivity (Wildman–Crippen MR) is 67.6 cm³/mol. The SMILES string of the molecule is CCOC(=O)C1=C(C)OCC=C1c1ccsc1. The molecule has 2 heterocycles. The number of hydrogen-bond acceptors (Lipinski definition) is 4. The number of allylic oxidation sites excluding steroid dienone is 1. The van der Waals surface area contributed by atoms with E-state index < -0.39 is 0 Å². The Morgan fingerprint density at radius 2 is 2.41 bits per heavy atom. The maximum Gasteiger partial charge on any atom is 0.342 e. The highest BCUT2D eigenvalue weighted by atomic mass is 32.1. The van der Waals surface area contributed by atoms with E-state index >= 15 is 0 Å². The van der Waals surface area contributed by atoms with Crippen LogP contribution in [0, 0.1) is 0 Å². The van der Waals surface area contributed by atoms with E-state index in [2.05, 4.69) is 0 Å². The van der Waals surface area contributed by atoms with Gasteiger partial charge in [-0.2, -0.15) is 11.3 Å². The van der Waals surface area contributed by atoms with E-state index in [9.17, 15) is 4.79 Å². The lowest BCUT2D eigenvalue weighted by Crippen LogP contribution is -2.15. The lowest BCUT2D eigenvalue weighted by molar-refractivity contribution is -0.138. The first-order valence-electron chi connectivity index (χ1n) is 5.48. The van der Waals surface area contributed by atoms with Gasteiger partial charge < -0.3 is 9.47 Å². The summed E-state index contributed by atoms with van der Waals surface area (Å²) in [6, 6.07) is 1.99. The van der Waals surface area contributed by atoms with Crippen molar-refractivity contribution in [3.63, 3.8) is 0 Å². The smallest absolute Gasteiger partial charge is 0.342 e. The molecule has 17 heavy (non-hydrogen) atoms. The summed E-state index contributed by atoms with van der Waals surface area (Å²) in [5.74, 6) is 0.314. The lowest BCUT2D eigenvalue weighted by atomic mass is 9.97. The Morgan fingerprint density at radius 1 is 1.59 bits per heavy atom. The fourth-order valence-corrected chi connectivity index (χ4v) is 2.41. The zero-order chi connectivity index (χ0) is 12.3. The molecule has 1 aromatic heterocycles. The van der Waals surface area contributed by atoms with E-state index in [0.29, 0.717) is 24.5 Å². The van der Waals surface area contributed by atoms with Gasteiger partial charge in [-0.3, -0.25) is 0 Å². The minimum Gasteiger partial charge on any atom is -0.493 e. The van der Waals surface area contributed by atoms with Crippen LogP contribution >= 0.6 is 11.3 Å². The molecule has 90 valence electrons. The molecule has 0 saturated carbocycles. The number of esters is 1. The Bertz CT molecular complexity index is 469. The van der Waals surface area contributed by atoms with Gasteiger partial charge in [0.25, 0.3) is 0 Å². The summed E-state index contributed by atoms with van der Waals surface area (Å²) >= 11 is 1.61. The van der Waals surface area contributed by atoms with Gasteiger partial charge in [-0.25, -0.2) is 4.79 Å². The summed E-state index contributed by atoms with van der Waals surface area (Å²) in [6.07, 6.45) is 1.92. The third-order valence-electron chi connectivity index (χ3n) is 2.52. The van der Waals surface area contributed by atoms with Crippen molar-refractivity contribution in [3.05, 3.63) is 39.8 Å². The molecule has 0 fully saturated rings. The molecule has 0 spiro atoms. The van der Waals surface area contributed by atoms with Gasteiger partial charge in [-0.05, 0) is 47.9 Å². The molecule has 1 aliphatic heterocycles. The van der Waals surface area contributed by atoms with Crippen molar-refractivity contribution in [3.8, 4) is 0 Å². The largest absolute Gasteiger partial charge is 0.493 e. The van der Waals surface area contributed by atoms with Crippen molar-refractivity contribution < 1.29 is 14.3 Å². The molecule has 0 atom stereocenters. The number of rotatable bonds is 3. The third-order valence-corrected chi connectivity index (χ3v) is 3.20. The van der Waals surface area contributed by atoms with Crippen LogP contribution in [0.3, 0.4) is 0 Å². The van der Waals surface area contributed by atoms with Crippen LogP contribution in [0.25, 0.3) is 5.57 Å². The number of carbonyl (C=O) groups is 1. The molecule has 4 heteroatoms. The molecule has 0 bridgehead atoms. The van der Waals surface area contributed by atoms with Gasteiger partial charge in [-0.15, -0.1) is 0 Å². The van der Waals surface area contributed by atoms with Crippen molar-refractivity contribution in [2.45, 2.75) is 13.8 Å². The maximum atomic E-state index is 11.9. The van der Waals surface area contributed by atoms with E-state index in [0.717, 1.165) is 11.1 Å². The highest BCUT2D eigenvalue weighted by Crippen LogP contribution is 2.31. The van der Waals surface area contributed by atoms with Crippen LogP contribution in [0.5, 0.6) is 0 Å². The summed E-state index contributed by atoms with van der Waals surface area (Å²) < 4.78 is 10.5.